The zero-order valence-electron chi connectivity index (χ0n) is 11.4. The molecule has 1 saturated heterocycles. The van der Waals surface area contributed by atoms with E-state index in [1.165, 1.54) is 0 Å². The van der Waals surface area contributed by atoms with E-state index in [1.54, 1.807) is 24.4 Å². The molecule has 0 radical (unpaired) electrons. The first-order valence-electron chi connectivity index (χ1n) is 6.46. The number of anilines is 1. The first-order chi connectivity index (χ1) is 9.72. The summed E-state index contributed by atoms with van der Waals surface area (Å²) in [5, 5.41) is 7.68. The molecule has 1 amide bonds. The van der Waals surface area contributed by atoms with Crippen LogP contribution in [-0.4, -0.2) is 23.2 Å². The van der Waals surface area contributed by atoms with Gasteiger partial charge in [0.2, 0.25) is 5.91 Å². The minimum Gasteiger partial charge on any atom is -0.497 e. The van der Waals surface area contributed by atoms with E-state index < -0.39 is 0 Å². The summed E-state index contributed by atoms with van der Waals surface area (Å²) in [6, 6.07) is 9.42. The molecule has 0 bridgehead atoms. The number of hydrogen-bond acceptors (Lipinski definition) is 4. The highest BCUT2D eigenvalue weighted by molar-refractivity contribution is 6.02. The van der Waals surface area contributed by atoms with Gasteiger partial charge in [0.25, 0.3) is 0 Å². The monoisotopic (exact) mass is 269 g/mol. The van der Waals surface area contributed by atoms with E-state index in [-0.39, 0.29) is 17.9 Å². The topological polar surface area (TPSA) is 55.3 Å². The lowest BCUT2D eigenvalue weighted by Crippen LogP contribution is -2.54. The predicted molar refractivity (Wildman–Crippen MR) is 74.4 cm³/mol. The lowest BCUT2D eigenvalue weighted by atomic mass is 9.84. The molecule has 1 fully saturated rings. The van der Waals surface area contributed by atoms with Crippen molar-refractivity contribution in [2.45, 2.75) is 13.0 Å². The van der Waals surface area contributed by atoms with Crippen LogP contribution in [0.2, 0.25) is 0 Å². The second-order valence-electron chi connectivity index (χ2n) is 4.82. The maximum absolute atomic E-state index is 12.2. The van der Waals surface area contributed by atoms with E-state index in [1.807, 2.05) is 37.3 Å². The van der Waals surface area contributed by atoms with Gasteiger partial charge in [0.05, 0.1) is 25.3 Å². The molecule has 20 heavy (non-hydrogen) atoms. The predicted octanol–water partition coefficient (Wildman–Crippen LogP) is 2.21. The van der Waals surface area contributed by atoms with Crippen LogP contribution in [0.3, 0.4) is 0 Å². The number of carbonyl (C=O) groups is 1. The summed E-state index contributed by atoms with van der Waals surface area (Å²) in [5.74, 6) is 0.857. The molecule has 3 rings (SSSR count). The van der Waals surface area contributed by atoms with Crippen LogP contribution in [0.5, 0.6) is 5.75 Å². The highest BCUT2D eigenvalue weighted by Crippen LogP contribution is 2.42. The quantitative estimate of drug-likeness (QED) is 0.802. The van der Waals surface area contributed by atoms with Crippen molar-refractivity contribution in [2.24, 2.45) is 5.92 Å². The summed E-state index contributed by atoms with van der Waals surface area (Å²) >= 11 is 0. The number of rotatable bonds is 3. The summed E-state index contributed by atoms with van der Waals surface area (Å²) in [7, 11) is 1.62. The molecule has 2 heterocycles. The molecule has 0 spiro atoms. The van der Waals surface area contributed by atoms with E-state index in [0.29, 0.717) is 0 Å². The Kier molecular flexibility index (Phi) is 3.10. The van der Waals surface area contributed by atoms with Gasteiger partial charge in [-0.15, -0.1) is 0 Å². The molecular formula is C15H15N3O2. The molecular weight excluding hydrogens is 254 g/mol. The molecule has 1 aromatic heterocycles. The molecule has 2 atom stereocenters. The van der Waals surface area contributed by atoms with Crippen molar-refractivity contribution in [3.05, 3.63) is 48.3 Å². The van der Waals surface area contributed by atoms with Crippen LogP contribution in [0, 0.1) is 5.92 Å². The first-order valence-corrected chi connectivity index (χ1v) is 6.46. The Hall–Kier alpha value is -2.43. The SMILES string of the molecule is COc1ccc(N2C(=O)[C@@H](C)[C@@H]2c2ccnnc2)cc1. The van der Waals surface area contributed by atoms with Gasteiger partial charge in [-0.2, -0.15) is 10.2 Å². The van der Waals surface area contributed by atoms with Crippen LogP contribution in [-0.2, 0) is 4.79 Å². The summed E-state index contributed by atoms with van der Waals surface area (Å²) in [6.45, 7) is 1.94. The van der Waals surface area contributed by atoms with Crippen LogP contribution in [0.4, 0.5) is 5.69 Å². The first kappa shape index (κ1) is 12.6. The fourth-order valence-electron chi connectivity index (χ4n) is 2.58. The van der Waals surface area contributed by atoms with Gasteiger partial charge in [-0.05, 0) is 35.9 Å². The highest BCUT2D eigenvalue weighted by Gasteiger charge is 2.45. The van der Waals surface area contributed by atoms with E-state index in [0.717, 1.165) is 17.0 Å². The maximum atomic E-state index is 12.2. The van der Waals surface area contributed by atoms with Crippen LogP contribution in [0.15, 0.2) is 42.7 Å². The molecule has 102 valence electrons. The number of aromatic nitrogens is 2. The zero-order valence-corrected chi connectivity index (χ0v) is 11.4. The lowest BCUT2D eigenvalue weighted by Gasteiger charge is -2.45. The van der Waals surface area contributed by atoms with Crippen molar-refractivity contribution in [2.75, 3.05) is 12.0 Å². The Morgan fingerprint density at radius 1 is 1.15 bits per heavy atom. The van der Waals surface area contributed by atoms with Crippen LogP contribution >= 0.6 is 0 Å². The van der Waals surface area contributed by atoms with Crippen LogP contribution in [0.25, 0.3) is 0 Å². The van der Waals surface area contributed by atoms with Gasteiger partial charge >= 0.3 is 0 Å². The van der Waals surface area contributed by atoms with Crippen LogP contribution < -0.4 is 9.64 Å². The zero-order chi connectivity index (χ0) is 14.1. The van der Waals surface area contributed by atoms with Crippen molar-refractivity contribution in [3.8, 4) is 5.75 Å². The van der Waals surface area contributed by atoms with Gasteiger partial charge < -0.3 is 9.64 Å². The molecule has 1 aliphatic rings. The third kappa shape index (κ3) is 1.91. The van der Waals surface area contributed by atoms with E-state index in [2.05, 4.69) is 10.2 Å². The number of nitrogens with zero attached hydrogens (tertiary/aromatic N) is 3. The number of β-lactam (4-membered cyclic amide) rings is 1. The molecule has 1 aromatic carbocycles. The lowest BCUT2D eigenvalue weighted by molar-refractivity contribution is -0.129. The minimum absolute atomic E-state index is 0.0198. The molecule has 0 N–H and O–H groups in total. The summed E-state index contributed by atoms with van der Waals surface area (Å²) in [6.07, 6.45) is 3.36. The molecule has 0 unspecified atom stereocenters. The Bertz CT molecular complexity index is 613. The molecule has 5 heteroatoms. The smallest absolute Gasteiger partial charge is 0.232 e. The Labute approximate surface area is 117 Å². The van der Waals surface area contributed by atoms with Crippen molar-refractivity contribution >= 4 is 11.6 Å². The summed E-state index contributed by atoms with van der Waals surface area (Å²) in [4.78, 5) is 14.0. The molecule has 1 aliphatic heterocycles. The Balaban J connectivity index is 1.92. The van der Waals surface area contributed by atoms with Crippen molar-refractivity contribution in [1.29, 1.82) is 0 Å². The van der Waals surface area contributed by atoms with Gasteiger partial charge in [-0.25, -0.2) is 0 Å². The number of benzene rings is 1. The second-order valence-corrected chi connectivity index (χ2v) is 4.82. The van der Waals surface area contributed by atoms with Crippen molar-refractivity contribution < 1.29 is 9.53 Å². The minimum atomic E-state index is -0.0405. The maximum Gasteiger partial charge on any atom is 0.232 e. The van der Waals surface area contributed by atoms with Gasteiger partial charge in [0.15, 0.2) is 0 Å². The fourth-order valence-corrected chi connectivity index (χ4v) is 2.58. The summed E-state index contributed by atoms with van der Waals surface area (Å²) in [5.41, 5.74) is 1.87. The van der Waals surface area contributed by atoms with Crippen molar-refractivity contribution in [3.63, 3.8) is 0 Å². The molecule has 0 aliphatic carbocycles. The fraction of sp³-hybridized carbons (Fsp3) is 0.267. The van der Waals surface area contributed by atoms with Gasteiger partial charge in [-0.1, -0.05) is 6.92 Å². The van der Waals surface area contributed by atoms with Crippen molar-refractivity contribution in [1.82, 2.24) is 10.2 Å². The van der Waals surface area contributed by atoms with Gasteiger partial charge in [0, 0.05) is 11.9 Å². The number of amides is 1. The number of carbonyl (C=O) groups excluding carboxylic acids is 1. The van der Waals surface area contributed by atoms with Gasteiger partial charge in [0.1, 0.15) is 5.75 Å². The third-order valence-electron chi connectivity index (χ3n) is 3.68. The average molecular weight is 269 g/mol. The Morgan fingerprint density at radius 2 is 1.90 bits per heavy atom. The molecule has 5 nitrogen and oxygen atoms in total. The number of methoxy groups -OCH3 is 1. The second kappa shape index (κ2) is 4.92. The highest BCUT2D eigenvalue weighted by atomic mass is 16.5. The van der Waals surface area contributed by atoms with E-state index in [9.17, 15) is 4.79 Å². The average Bonchev–Trinajstić information content (AvgIpc) is 2.52. The number of hydrogen-bond donors (Lipinski definition) is 0. The Morgan fingerprint density at radius 3 is 2.50 bits per heavy atom. The third-order valence-corrected chi connectivity index (χ3v) is 3.68. The van der Waals surface area contributed by atoms with E-state index >= 15 is 0 Å². The molecule has 2 aromatic rings. The largest absolute Gasteiger partial charge is 0.497 e. The normalized spacial score (nSPS) is 21.5. The number of ether oxygens (including phenoxy) is 1. The standard InChI is InChI=1S/C15H15N3O2/c1-10-14(11-7-8-16-17-9-11)18(15(10)19)12-3-5-13(20-2)6-4-12/h3-10,14H,1-2H3/t10-,14+/m0/s1. The molecule has 0 saturated carbocycles. The van der Waals surface area contributed by atoms with E-state index in [4.69, 9.17) is 4.74 Å². The van der Waals surface area contributed by atoms with Gasteiger partial charge in [-0.3, -0.25) is 4.79 Å². The summed E-state index contributed by atoms with van der Waals surface area (Å²) < 4.78 is 5.14. The van der Waals surface area contributed by atoms with Crippen LogP contribution in [0.1, 0.15) is 18.5 Å².